The molecule has 2 aromatic carbocycles. The van der Waals surface area contributed by atoms with Gasteiger partial charge in [0, 0.05) is 16.1 Å². The number of benzene rings is 2. The fourth-order valence-corrected chi connectivity index (χ4v) is 2.81. The topological polar surface area (TPSA) is 42.0 Å². The van der Waals surface area contributed by atoms with Crippen molar-refractivity contribution in [2.24, 2.45) is 0 Å². The zero-order valence-corrected chi connectivity index (χ0v) is 13.6. The van der Waals surface area contributed by atoms with E-state index >= 15 is 0 Å². The number of amides is 1. The maximum atomic E-state index is 13.1. The van der Waals surface area contributed by atoms with Gasteiger partial charge in [-0.05, 0) is 30.3 Å². The minimum atomic E-state index is -4.60. The molecular weight excluding hydrogens is 385 g/mol. The highest BCUT2D eigenvalue weighted by Gasteiger charge is 2.34. The summed E-state index contributed by atoms with van der Waals surface area (Å²) in [7, 11) is 0. The number of nitrogens with zero attached hydrogens (tertiary/aromatic N) is 1. The van der Waals surface area contributed by atoms with Crippen molar-refractivity contribution in [3.05, 3.63) is 70.3 Å². The number of carbonyl (C=O) groups is 1. The van der Waals surface area contributed by atoms with Crippen LogP contribution in [0.15, 0.2) is 59.2 Å². The molecule has 1 N–H and O–H groups in total. The van der Waals surface area contributed by atoms with Gasteiger partial charge in [-0.3, -0.25) is 9.78 Å². The molecule has 122 valence electrons. The Morgan fingerprint density at radius 1 is 1.04 bits per heavy atom. The Morgan fingerprint density at radius 2 is 1.79 bits per heavy atom. The van der Waals surface area contributed by atoms with E-state index in [1.165, 1.54) is 12.1 Å². The average molecular weight is 395 g/mol. The number of hydrogen-bond acceptors (Lipinski definition) is 2. The number of anilines is 1. The van der Waals surface area contributed by atoms with Crippen molar-refractivity contribution >= 4 is 38.4 Å². The normalized spacial score (nSPS) is 11.5. The van der Waals surface area contributed by atoms with Gasteiger partial charge in [-0.2, -0.15) is 13.2 Å². The first-order valence-corrected chi connectivity index (χ1v) is 7.68. The van der Waals surface area contributed by atoms with Crippen molar-refractivity contribution in [2.75, 3.05) is 5.32 Å². The molecule has 3 rings (SSSR count). The fourth-order valence-electron chi connectivity index (χ4n) is 2.36. The van der Waals surface area contributed by atoms with Crippen LogP contribution in [0, 0.1) is 0 Å². The van der Waals surface area contributed by atoms with Crippen LogP contribution in [-0.4, -0.2) is 10.9 Å². The predicted molar refractivity (Wildman–Crippen MR) is 88.8 cm³/mol. The standard InChI is InChI=1S/C17H10BrF3N2O/c18-13-7-8-14(15-11(13)5-3-9-22-15)23-16(24)10-4-1-2-6-12(10)17(19,20)21/h1-9H,(H,23,24). The summed E-state index contributed by atoms with van der Waals surface area (Å²) in [5.41, 5.74) is -0.575. The van der Waals surface area contributed by atoms with Crippen LogP contribution in [0.25, 0.3) is 10.9 Å². The fraction of sp³-hybridized carbons (Fsp3) is 0.0588. The number of hydrogen-bond donors (Lipinski definition) is 1. The molecule has 3 nitrogen and oxygen atoms in total. The third-order valence-corrected chi connectivity index (χ3v) is 4.13. The van der Waals surface area contributed by atoms with Crippen LogP contribution < -0.4 is 5.32 Å². The molecule has 0 aliphatic carbocycles. The summed E-state index contributed by atoms with van der Waals surface area (Å²) >= 11 is 3.38. The smallest absolute Gasteiger partial charge is 0.320 e. The van der Waals surface area contributed by atoms with Gasteiger partial charge >= 0.3 is 6.18 Å². The van der Waals surface area contributed by atoms with Crippen LogP contribution in [0.5, 0.6) is 0 Å². The summed E-state index contributed by atoms with van der Waals surface area (Å²) in [6.07, 6.45) is -3.05. The Bertz CT molecular complexity index is 925. The van der Waals surface area contributed by atoms with Crippen molar-refractivity contribution in [2.45, 2.75) is 6.18 Å². The molecule has 7 heteroatoms. The highest BCUT2D eigenvalue weighted by molar-refractivity contribution is 9.10. The third kappa shape index (κ3) is 3.12. The summed E-state index contributed by atoms with van der Waals surface area (Å²) in [6.45, 7) is 0. The van der Waals surface area contributed by atoms with Gasteiger partial charge < -0.3 is 5.32 Å². The lowest BCUT2D eigenvalue weighted by Crippen LogP contribution is -2.18. The molecule has 0 atom stereocenters. The molecule has 1 aromatic heterocycles. The quantitative estimate of drug-likeness (QED) is 0.643. The molecule has 0 saturated carbocycles. The highest BCUT2D eigenvalue weighted by atomic mass is 79.9. The van der Waals surface area contributed by atoms with Crippen LogP contribution in [0.2, 0.25) is 0 Å². The number of rotatable bonds is 2. The summed E-state index contributed by atoms with van der Waals surface area (Å²) < 4.78 is 39.9. The van der Waals surface area contributed by atoms with E-state index in [-0.39, 0.29) is 0 Å². The predicted octanol–water partition coefficient (Wildman–Crippen LogP) is 5.27. The van der Waals surface area contributed by atoms with Gasteiger partial charge in [0.1, 0.15) is 0 Å². The SMILES string of the molecule is O=C(Nc1ccc(Br)c2cccnc12)c1ccccc1C(F)(F)F. The molecule has 0 aliphatic rings. The van der Waals surface area contributed by atoms with Crippen LogP contribution in [0.4, 0.5) is 18.9 Å². The molecule has 0 saturated heterocycles. The van der Waals surface area contributed by atoms with Gasteiger partial charge in [0.2, 0.25) is 0 Å². The molecule has 1 heterocycles. The maximum absolute atomic E-state index is 13.1. The van der Waals surface area contributed by atoms with Gasteiger partial charge in [0.05, 0.1) is 22.3 Å². The van der Waals surface area contributed by atoms with Gasteiger partial charge in [0.25, 0.3) is 5.91 Å². The van der Waals surface area contributed by atoms with E-state index in [1.807, 2.05) is 0 Å². The van der Waals surface area contributed by atoms with Crippen molar-refractivity contribution in [3.63, 3.8) is 0 Å². The van der Waals surface area contributed by atoms with Crippen LogP contribution >= 0.6 is 15.9 Å². The maximum Gasteiger partial charge on any atom is 0.417 e. The van der Waals surface area contributed by atoms with E-state index in [4.69, 9.17) is 0 Å². The van der Waals surface area contributed by atoms with Crippen LogP contribution in [0.3, 0.4) is 0 Å². The van der Waals surface area contributed by atoms with E-state index in [0.717, 1.165) is 22.0 Å². The number of carbonyl (C=O) groups excluding carboxylic acids is 1. The van der Waals surface area contributed by atoms with E-state index in [1.54, 1.807) is 30.5 Å². The lowest BCUT2D eigenvalue weighted by Gasteiger charge is -2.13. The first-order valence-electron chi connectivity index (χ1n) is 6.89. The van der Waals surface area contributed by atoms with E-state index in [9.17, 15) is 18.0 Å². The second kappa shape index (κ2) is 6.24. The second-order valence-electron chi connectivity index (χ2n) is 4.99. The summed E-state index contributed by atoms with van der Waals surface area (Å²) in [5.74, 6) is -0.836. The minimum Gasteiger partial charge on any atom is -0.320 e. The Labute approximate surface area is 143 Å². The van der Waals surface area contributed by atoms with E-state index in [2.05, 4.69) is 26.2 Å². The molecule has 0 aliphatic heterocycles. The first kappa shape index (κ1) is 16.4. The lowest BCUT2D eigenvalue weighted by atomic mass is 10.1. The van der Waals surface area contributed by atoms with E-state index < -0.39 is 23.2 Å². The van der Waals surface area contributed by atoms with Crippen molar-refractivity contribution in [1.29, 1.82) is 0 Å². The van der Waals surface area contributed by atoms with Gasteiger partial charge in [-0.15, -0.1) is 0 Å². The second-order valence-corrected chi connectivity index (χ2v) is 5.85. The van der Waals surface area contributed by atoms with Crippen LogP contribution in [-0.2, 0) is 6.18 Å². The van der Waals surface area contributed by atoms with Gasteiger partial charge in [-0.1, -0.05) is 34.1 Å². The highest BCUT2D eigenvalue weighted by Crippen LogP contribution is 2.33. The van der Waals surface area contributed by atoms with Crippen LogP contribution in [0.1, 0.15) is 15.9 Å². The first-order chi connectivity index (χ1) is 11.4. The third-order valence-electron chi connectivity index (χ3n) is 3.44. The molecule has 24 heavy (non-hydrogen) atoms. The summed E-state index contributed by atoms with van der Waals surface area (Å²) in [5, 5.41) is 3.27. The molecule has 3 aromatic rings. The Kier molecular flexibility index (Phi) is 4.28. The molecule has 0 radical (unpaired) electrons. The number of halogens is 4. The number of pyridine rings is 1. The van der Waals surface area contributed by atoms with Gasteiger partial charge in [-0.25, -0.2) is 0 Å². The molecule has 0 bridgehead atoms. The zero-order chi connectivity index (χ0) is 17.3. The lowest BCUT2D eigenvalue weighted by molar-refractivity contribution is -0.137. The number of aromatic nitrogens is 1. The van der Waals surface area contributed by atoms with E-state index in [0.29, 0.717) is 11.2 Å². The number of alkyl halides is 3. The zero-order valence-electron chi connectivity index (χ0n) is 12.1. The Hall–Kier alpha value is -2.41. The average Bonchev–Trinajstić information content (AvgIpc) is 2.57. The Morgan fingerprint density at radius 3 is 2.54 bits per heavy atom. The molecular formula is C17H10BrF3N2O. The molecule has 0 spiro atoms. The summed E-state index contributed by atoms with van der Waals surface area (Å²) in [6, 6.07) is 11.5. The summed E-state index contributed by atoms with van der Waals surface area (Å²) in [4.78, 5) is 16.6. The largest absolute Gasteiger partial charge is 0.417 e. The number of fused-ring (bicyclic) bond motifs is 1. The molecule has 0 fully saturated rings. The van der Waals surface area contributed by atoms with Crippen molar-refractivity contribution in [1.82, 2.24) is 4.98 Å². The molecule has 0 unspecified atom stereocenters. The van der Waals surface area contributed by atoms with Crippen molar-refractivity contribution in [3.8, 4) is 0 Å². The Balaban J connectivity index is 2.02. The molecule has 1 amide bonds. The number of nitrogens with one attached hydrogen (secondary N) is 1. The minimum absolute atomic E-state index is 0.343. The van der Waals surface area contributed by atoms with Gasteiger partial charge in [0.15, 0.2) is 0 Å². The monoisotopic (exact) mass is 394 g/mol. The van der Waals surface area contributed by atoms with Crippen molar-refractivity contribution < 1.29 is 18.0 Å².